The zero-order chi connectivity index (χ0) is 27.4. The number of fused-ring (bicyclic) bond motifs is 2. The van der Waals surface area contributed by atoms with Crippen molar-refractivity contribution in [3.8, 4) is 0 Å². The second kappa shape index (κ2) is 8.13. The van der Waals surface area contributed by atoms with E-state index in [0.29, 0.717) is 30.7 Å². The lowest BCUT2D eigenvalue weighted by Gasteiger charge is -2.74. The van der Waals surface area contributed by atoms with Crippen molar-refractivity contribution in [2.45, 2.75) is 70.6 Å². The summed E-state index contributed by atoms with van der Waals surface area (Å²) in [6.07, 6.45) is -1.03. The van der Waals surface area contributed by atoms with Gasteiger partial charge in [0.05, 0.1) is 12.2 Å². The summed E-state index contributed by atoms with van der Waals surface area (Å²) in [5.74, 6) is -5.52. The van der Waals surface area contributed by atoms with Gasteiger partial charge in [0.2, 0.25) is 5.79 Å². The first kappa shape index (κ1) is 26.0. The van der Waals surface area contributed by atoms with Crippen LogP contribution in [-0.4, -0.2) is 58.6 Å². The van der Waals surface area contributed by atoms with Gasteiger partial charge in [-0.15, -0.1) is 0 Å². The van der Waals surface area contributed by atoms with Crippen LogP contribution in [0.2, 0.25) is 5.02 Å². The number of ketones is 1. The Morgan fingerprint density at radius 1 is 1.13 bits per heavy atom. The van der Waals surface area contributed by atoms with Gasteiger partial charge in [0.15, 0.2) is 5.78 Å². The molecule has 4 bridgehead atoms. The molecule has 4 saturated carbocycles. The molecule has 1 aromatic rings. The van der Waals surface area contributed by atoms with E-state index < -0.39 is 75.8 Å². The number of rotatable bonds is 3. The highest BCUT2D eigenvalue weighted by molar-refractivity contribution is 6.30. The van der Waals surface area contributed by atoms with E-state index in [0.717, 1.165) is 0 Å². The van der Waals surface area contributed by atoms with E-state index in [1.807, 2.05) is 13.8 Å². The molecule has 2 N–H and O–H groups in total. The van der Waals surface area contributed by atoms with E-state index in [2.05, 4.69) is 6.58 Å². The van der Waals surface area contributed by atoms with Crippen molar-refractivity contribution >= 4 is 29.3 Å². The first-order chi connectivity index (χ1) is 17.8. The number of ether oxygens (including phenoxy) is 3. The van der Waals surface area contributed by atoms with Gasteiger partial charge in [0.25, 0.3) is 0 Å². The second-order valence-electron chi connectivity index (χ2n) is 12.4. The smallest absolute Gasteiger partial charge is 0.338 e. The normalized spacial score (nSPS) is 44.3. The minimum atomic E-state index is -2.31. The largest absolute Gasteiger partial charge is 0.462 e. The Morgan fingerprint density at radius 2 is 1.82 bits per heavy atom. The van der Waals surface area contributed by atoms with Crippen LogP contribution in [0.15, 0.2) is 36.4 Å². The molecule has 38 heavy (non-hydrogen) atoms. The fourth-order valence-corrected chi connectivity index (χ4v) is 9.28. The fraction of sp³-hybridized carbons (Fsp3) is 0.621. The molecule has 2 heterocycles. The second-order valence-corrected chi connectivity index (χ2v) is 12.9. The van der Waals surface area contributed by atoms with Crippen LogP contribution in [0.4, 0.5) is 0 Å². The molecular weight excluding hydrogens is 512 g/mol. The van der Waals surface area contributed by atoms with Crippen molar-refractivity contribution in [2.75, 3.05) is 6.61 Å². The molecule has 204 valence electrons. The van der Waals surface area contributed by atoms with Crippen molar-refractivity contribution < 1.29 is 38.8 Å². The molecule has 1 unspecified atom stereocenters. The summed E-state index contributed by atoms with van der Waals surface area (Å²) in [7, 11) is 0. The average Bonchev–Trinajstić information content (AvgIpc) is 2.97. The number of aliphatic hydroxyl groups excluding tert-OH is 1. The van der Waals surface area contributed by atoms with Crippen molar-refractivity contribution in [1.82, 2.24) is 0 Å². The first-order valence-electron chi connectivity index (χ1n) is 13.2. The van der Waals surface area contributed by atoms with E-state index in [4.69, 9.17) is 25.8 Å². The predicted octanol–water partition coefficient (Wildman–Crippen LogP) is 3.46. The van der Waals surface area contributed by atoms with Gasteiger partial charge in [-0.1, -0.05) is 32.0 Å². The van der Waals surface area contributed by atoms with E-state index in [1.54, 1.807) is 12.1 Å². The Balaban J connectivity index is 1.53. The lowest BCUT2D eigenvalue weighted by Crippen LogP contribution is -2.86. The maximum Gasteiger partial charge on any atom is 0.338 e. The molecule has 0 radical (unpaired) electrons. The van der Waals surface area contributed by atoms with E-state index in [9.17, 15) is 24.6 Å². The number of esters is 2. The Morgan fingerprint density at radius 3 is 2.47 bits per heavy atom. The van der Waals surface area contributed by atoms with Gasteiger partial charge in [0, 0.05) is 29.2 Å². The van der Waals surface area contributed by atoms with Gasteiger partial charge in [0.1, 0.15) is 23.7 Å². The van der Waals surface area contributed by atoms with Crippen LogP contribution < -0.4 is 0 Å². The van der Waals surface area contributed by atoms with Gasteiger partial charge in [-0.3, -0.25) is 9.59 Å². The number of carbonyl (C=O) groups is 3. The number of Topliss-reactive ketones (excluding diaryl/α,β-unsaturated/α-hetero) is 1. The molecule has 0 amide bonds. The SMILES string of the molecule is C=C1C(=O)[C@]23[C@H](OC(=O)c4ccc(Cl)cc4)[C@H]1CC[C@H]2[C@@]12CO[C@]3(O)[C@@H](O)[C@@H]1C(C)(C)CCC2OC(C)=O. The predicted molar refractivity (Wildman–Crippen MR) is 135 cm³/mol. The molecule has 4 aliphatic carbocycles. The minimum Gasteiger partial charge on any atom is -0.462 e. The van der Waals surface area contributed by atoms with Crippen LogP contribution in [0.5, 0.6) is 0 Å². The summed E-state index contributed by atoms with van der Waals surface area (Å²) in [6.45, 7) is 9.47. The van der Waals surface area contributed by atoms with Gasteiger partial charge in [-0.25, -0.2) is 4.79 Å². The molecule has 8 nitrogen and oxygen atoms in total. The number of aliphatic hydroxyl groups is 2. The third-order valence-electron chi connectivity index (χ3n) is 10.4. The number of carbonyl (C=O) groups excluding carboxylic acids is 3. The van der Waals surface area contributed by atoms with Crippen molar-refractivity contribution in [3.05, 3.63) is 47.0 Å². The van der Waals surface area contributed by atoms with Gasteiger partial charge in [-0.05, 0) is 66.9 Å². The van der Waals surface area contributed by atoms with Crippen LogP contribution >= 0.6 is 11.6 Å². The summed E-state index contributed by atoms with van der Waals surface area (Å²) in [5.41, 5.74) is -2.69. The number of hydrogen-bond acceptors (Lipinski definition) is 8. The zero-order valence-electron chi connectivity index (χ0n) is 21.7. The van der Waals surface area contributed by atoms with Crippen molar-refractivity contribution in [2.24, 2.45) is 34.0 Å². The summed E-state index contributed by atoms with van der Waals surface area (Å²) in [6, 6.07) is 6.20. The number of benzene rings is 1. The molecule has 7 rings (SSSR count). The topological polar surface area (TPSA) is 119 Å². The molecule has 2 spiro atoms. The molecular formula is C29H33ClO8. The number of hydrogen-bond donors (Lipinski definition) is 2. The molecule has 2 aliphatic heterocycles. The monoisotopic (exact) mass is 544 g/mol. The maximum atomic E-state index is 14.3. The highest BCUT2D eigenvalue weighted by Crippen LogP contribution is 2.77. The van der Waals surface area contributed by atoms with Crippen LogP contribution in [0.25, 0.3) is 0 Å². The van der Waals surface area contributed by atoms with Crippen molar-refractivity contribution in [1.29, 1.82) is 0 Å². The molecule has 6 aliphatic rings. The highest BCUT2D eigenvalue weighted by Gasteiger charge is 2.88. The third kappa shape index (κ3) is 2.95. The molecule has 6 fully saturated rings. The first-order valence-corrected chi connectivity index (χ1v) is 13.6. The van der Waals surface area contributed by atoms with E-state index >= 15 is 0 Å². The lowest BCUT2D eigenvalue weighted by molar-refractivity contribution is -0.457. The van der Waals surface area contributed by atoms with Gasteiger partial charge in [-0.2, -0.15) is 0 Å². The summed E-state index contributed by atoms with van der Waals surface area (Å²) < 4.78 is 18.1. The zero-order valence-corrected chi connectivity index (χ0v) is 22.5. The van der Waals surface area contributed by atoms with Gasteiger partial charge < -0.3 is 24.4 Å². The molecule has 1 aromatic carbocycles. The molecule has 9 heteroatoms. The summed E-state index contributed by atoms with van der Waals surface area (Å²) >= 11 is 5.99. The maximum absolute atomic E-state index is 14.3. The fourth-order valence-electron chi connectivity index (χ4n) is 9.15. The Labute approximate surface area is 226 Å². The summed E-state index contributed by atoms with van der Waals surface area (Å²) in [5, 5.41) is 24.7. The average molecular weight is 545 g/mol. The lowest BCUT2D eigenvalue weighted by atomic mass is 9.35. The Hall–Kier alpha value is -2.26. The standard InChI is InChI=1S/C29H33ClO8/c1-14-18-9-10-19-27-13-36-29(35,23(33)21(27)26(3,4)12-11-20(27)37-15(2)31)28(19,22(14)32)24(18)38-25(34)16-5-7-17(30)8-6-16/h5-8,18-21,23-24,33,35H,1,9-13H2,2-4H3/t18-,19-,20?,21+,23-,24+,27+,28-,29+/m0/s1. The highest BCUT2D eigenvalue weighted by atomic mass is 35.5. The molecule has 0 aromatic heterocycles. The Kier molecular flexibility index (Phi) is 5.56. The van der Waals surface area contributed by atoms with Crippen molar-refractivity contribution in [3.63, 3.8) is 0 Å². The van der Waals surface area contributed by atoms with Crippen LogP contribution in [0.3, 0.4) is 0 Å². The van der Waals surface area contributed by atoms with Crippen LogP contribution in [-0.2, 0) is 23.8 Å². The van der Waals surface area contributed by atoms with Crippen LogP contribution in [0.1, 0.15) is 56.8 Å². The molecule has 9 atom stereocenters. The van der Waals surface area contributed by atoms with Gasteiger partial charge >= 0.3 is 11.9 Å². The van der Waals surface area contributed by atoms with E-state index in [-0.39, 0.29) is 17.7 Å². The van der Waals surface area contributed by atoms with E-state index in [1.165, 1.54) is 19.1 Å². The third-order valence-corrected chi connectivity index (χ3v) is 10.7. The summed E-state index contributed by atoms with van der Waals surface area (Å²) in [4.78, 5) is 39.9. The quantitative estimate of drug-likeness (QED) is 0.438. The number of halogens is 1. The minimum absolute atomic E-state index is 0.0152. The van der Waals surface area contributed by atoms with Crippen LogP contribution in [0, 0.1) is 34.0 Å². The Bertz CT molecular complexity index is 1240. The molecule has 2 saturated heterocycles.